The van der Waals surface area contributed by atoms with E-state index in [4.69, 9.17) is 10.7 Å². The second-order valence-electron chi connectivity index (χ2n) is 4.92. The van der Waals surface area contributed by atoms with Crippen LogP contribution < -0.4 is 11.1 Å². The zero-order valence-corrected chi connectivity index (χ0v) is 12.2. The molecule has 0 bridgehead atoms. The fourth-order valence-electron chi connectivity index (χ4n) is 2.49. The summed E-state index contributed by atoms with van der Waals surface area (Å²) in [6, 6.07) is 14.2. The number of nitrogen functional groups attached to an aromatic ring is 1. The molecule has 0 atom stereocenters. The van der Waals surface area contributed by atoms with Gasteiger partial charge in [-0.2, -0.15) is 0 Å². The molecular weight excluding hydrogens is 280 g/mol. The van der Waals surface area contributed by atoms with Crippen molar-refractivity contribution in [1.82, 2.24) is 10.3 Å². The number of anilines is 1. The van der Waals surface area contributed by atoms with E-state index in [-0.39, 0.29) is 0 Å². The van der Waals surface area contributed by atoms with Crippen LogP contribution in [-0.2, 0) is 0 Å². The first-order chi connectivity index (χ1) is 10.3. The minimum Gasteiger partial charge on any atom is -0.397 e. The first kappa shape index (κ1) is 12.3. The summed E-state index contributed by atoms with van der Waals surface area (Å²) in [7, 11) is 0. The average molecular weight is 294 g/mol. The number of benzene rings is 1. The number of nitrogens with one attached hydrogen (secondary N) is 1. The Balaban J connectivity index is 1.85. The van der Waals surface area contributed by atoms with Crippen LogP contribution in [-0.4, -0.2) is 23.9 Å². The molecule has 0 unspecified atom stereocenters. The van der Waals surface area contributed by atoms with Crippen molar-refractivity contribution in [3.8, 4) is 11.3 Å². The lowest BCUT2D eigenvalue weighted by molar-refractivity contribution is 0.961. The fourth-order valence-corrected chi connectivity index (χ4v) is 3.57. The monoisotopic (exact) mass is 294 g/mol. The molecule has 2 aromatic heterocycles. The van der Waals surface area contributed by atoms with Gasteiger partial charge in [0.25, 0.3) is 0 Å². The van der Waals surface area contributed by atoms with Crippen LogP contribution in [0.3, 0.4) is 0 Å². The molecule has 0 spiro atoms. The van der Waals surface area contributed by atoms with Crippen molar-refractivity contribution in [3.63, 3.8) is 0 Å². The molecule has 104 valence electrons. The maximum absolute atomic E-state index is 6.26. The van der Waals surface area contributed by atoms with Gasteiger partial charge in [0, 0.05) is 17.5 Å². The summed E-state index contributed by atoms with van der Waals surface area (Å²) in [5.41, 5.74) is 9.12. The maximum atomic E-state index is 6.26. The SMILES string of the molecule is Nc1c(C2=NCCN2)sc2nc(-c3ccccc3)ccc12. The molecule has 0 saturated heterocycles. The quantitative estimate of drug-likeness (QED) is 0.764. The van der Waals surface area contributed by atoms with Gasteiger partial charge >= 0.3 is 0 Å². The van der Waals surface area contributed by atoms with Crippen LogP contribution in [0.15, 0.2) is 47.5 Å². The van der Waals surface area contributed by atoms with Crippen LogP contribution >= 0.6 is 11.3 Å². The topological polar surface area (TPSA) is 63.3 Å². The first-order valence-electron chi connectivity index (χ1n) is 6.86. The Morgan fingerprint density at radius 2 is 1.95 bits per heavy atom. The smallest absolute Gasteiger partial charge is 0.140 e. The highest BCUT2D eigenvalue weighted by molar-refractivity contribution is 7.21. The Labute approximate surface area is 126 Å². The van der Waals surface area contributed by atoms with Gasteiger partial charge in [0.05, 0.1) is 22.8 Å². The van der Waals surface area contributed by atoms with E-state index < -0.39 is 0 Å². The molecule has 3 heterocycles. The number of fused-ring (bicyclic) bond motifs is 1. The number of thiophene rings is 1. The van der Waals surface area contributed by atoms with Gasteiger partial charge in [-0.05, 0) is 12.1 Å². The van der Waals surface area contributed by atoms with Gasteiger partial charge in [-0.15, -0.1) is 11.3 Å². The third-order valence-electron chi connectivity index (χ3n) is 3.55. The standard InChI is InChI=1S/C16H14N4S/c17-13-11-6-7-12(10-4-2-1-3-5-10)20-16(11)21-14(13)15-18-8-9-19-15/h1-7H,8-9,17H2,(H,18,19). The Morgan fingerprint density at radius 3 is 2.71 bits per heavy atom. The number of nitrogens with two attached hydrogens (primary N) is 1. The summed E-state index contributed by atoms with van der Waals surface area (Å²) < 4.78 is 0. The third kappa shape index (κ3) is 2.06. The fraction of sp³-hybridized carbons (Fsp3) is 0.125. The first-order valence-corrected chi connectivity index (χ1v) is 7.68. The number of aromatic nitrogens is 1. The number of pyridine rings is 1. The minimum atomic E-state index is 0.773. The van der Waals surface area contributed by atoms with E-state index in [1.807, 2.05) is 24.3 Å². The number of hydrogen-bond donors (Lipinski definition) is 2. The second kappa shape index (κ2) is 4.86. The van der Waals surface area contributed by atoms with Gasteiger partial charge in [0.1, 0.15) is 10.7 Å². The summed E-state index contributed by atoms with van der Waals surface area (Å²) in [5, 5.41) is 4.28. The van der Waals surface area contributed by atoms with Gasteiger partial charge in [0.15, 0.2) is 0 Å². The molecule has 0 saturated carbocycles. The highest BCUT2D eigenvalue weighted by Crippen LogP contribution is 2.34. The molecule has 0 aliphatic carbocycles. The predicted molar refractivity (Wildman–Crippen MR) is 88.9 cm³/mol. The molecule has 1 aromatic carbocycles. The zero-order valence-electron chi connectivity index (χ0n) is 11.3. The van der Waals surface area contributed by atoms with Crippen molar-refractivity contribution in [3.05, 3.63) is 47.3 Å². The highest BCUT2D eigenvalue weighted by atomic mass is 32.1. The molecular formula is C16H14N4S. The second-order valence-corrected chi connectivity index (χ2v) is 5.92. The van der Waals surface area contributed by atoms with E-state index in [2.05, 4.69) is 28.5 Å². The summed E-state index contributed by atoms with van der Waals surface area (Å²) in [4.78, 5) is 11.2. The van der Waals surface area contributed by atoms with Crippen LogP contribution in [0, 0.1) is 0 Å². The molecule has 1 aliphatic rings. The van der Waals surface area contributed by atoms with Crippen molar-refractivity contribution >= 4 is 33.1 Å². The molecule has 3 aromatic rings. The number of aliphatic imine (C=N–C) groups is 1. The van der Waals surface area contributed by atoms with Crippen LogP contribution in [0.25, 0.3) is 21.5 Å². The average Bonchev–Trinajstić information content (AvgIpc) is 3.16. The van der Waals surface area contributed by atoms with E-state index in [1.165, 1.54) is 0 Å². The van der Waals surface area contributed by atoms with Crippen LogP contribution in [0.4, 0.5) is 5.69 Å². The lowest BCUT2D eigenvalue weighted by Crippen LogP contribution is -2.19. The van der Waals surface area contributed by atoms with Crippen LogP contribution in [0.2, 0.25) is 0 Å². The van der Waals surface area contributed by atoms with Gasteiger partial charge in [-0.3, -0.25) is 4.99 Å². The largest absolute Gasteiger partial charge is 0.397 e. The van der Waals surface area contributed by atoms with Gasteiger partial charge in [0.2, 0.25) is 0 Å². The van der Waals surface area contributed by atoms with E-state index in [9.17, 15) is 0 Å². The van der Waals surface area contributed by atoms with Crippen molar-refractivity contribution in [2.45, 2.75) is 0 Å². The Kier molecular flexibility index (Phi) is 2.86. The number of rotatable bonds is 2. The highest BCUT2D eigenvalue weighted by Gasteiger charge is 2.17. The Hall–Kier alpha value is -2.40. The minimum absolute atomic E-state index is 0.773. The van der Waals surface area contributed by atoms with E-state index in [0.717, 1.165) is 51.0 Å². The summed E-state index contributed by atoms with van der Waals surface area (Å²) in [5.74, 6) is 0.900. The number of hydrogen-bond acceptors (Lipinski definition) is 5. The van der Waals surface area contributed by atoms with E-state index in [1.54, 1.807) is 11.3 Å². The Morgan fingerprint density at radius 1 is 1.10 bits per heavy atom. The number of amidine groups is 1. The number of nitrogens with zero attached hydrogens (tertiary/aromatic N) is 2. The molecule has 4 nitrogen and oxygen atoms in total. The summed E-state index contributed by atoms with van der Waals surface area (Å²) in [6.45, 7) is 1.69. The lowest BCUT2D eigenvalue weighted by atomic mass is 10.1. The zero-order chi connectivity index (χ0) is 14.2. The molecule has 5 heteroatoms. The maximum Gasteiger partial charge on any atom is 0.140 e. The van der Waals surface area contributed by atoms with Crippen molar-refractivity contribution in [2.24, 2.45) is 4.99 Å². The molecule has 0 radical (unpaired) electrons. The van der Waals surface area contributed by atoms with Gasteiger partial charge < -0.3 is 11.1 Å². The molecule has 21 heavy (non-hydrogen) atoms. The molecule has 0 amide bonds. The van der Waals surface area contributed by atoms with Gasteiger partial charge in [-0.25, -0.2) is 4.98 Å². The van der Waals surface area contributed by atoms with E-state index in [0.29, 0.717) is 0 Å². The molecule has 4 rings (SSSR count). The Bertz CT molecular complexity index is 836. The van der Waals surface area contributed by atoms with Gasteiger partial charge in [-0.1, -0.05) is 30.3 Å². The van der Waals surface area contributed by atoms with Crippen molar-refractivity contribution < 1.29 is 0 Å². The van der Waals surface area contributed by atoms with Crippen molar-refractivity contribution in [1.29, 1.82) is 0 Å². The predicted octanol–water partition coefficient (Wildman–Crippen LogP) is 2.90. The summed E-state index contributed by atoms with van der Waals surface area (Å²) >= 11 is 1.60. The lowest BCUT2D eigenvalue weighted by Gasteiger charge is -2.00. The van der Waals surface area contributed by atoms with Crippen molar-refractivity contribution in [2.75, 3.05) is 18.8 Å². The normalized spacial score (nSPS) is 14.2. The molecule has 0 fully saturated rings. The van der Waals surface area contributed by atoms with Crippen LogP contribution in [0.5, 0.6) is 0 Å². The van der Waals surface area contributed by atoms with Crippen LogP contribution in [0.1, 0.15) is 4.88 Å². The molecule has 1 aliphatic heterocycles. The molecule has 3 N–H and O–H groups in total. The van der Waals surface area contributed by atoms with E-state index >= 15 is 0 Å². The summed E-state index contributed by atoms with van der Waals surface area (Å²) in [6.07, 6.45) is 0. The third-order valence-corrected chi connectivity index (χ3v) is 4.67.